The van der Waals surface area contributed by atoms with E-state index < -0.39 is 0 Å². The fourth-order valence-electron chi connectivity index (χ4n) is 3.01. The second kappa shape index (κ2) is 6.92. The van der Waals surface area contributed by atoms with E-state index in [0.29, 0.717) is 5.76 Å². The molecule has 0 amide bonds. The summed E-state index contributed by atoms with van der Waals surface area (Å²) in [7, 11) is 2.20. The summed E-state index contributed by atoms with van der Waals surface area (Å²) in [5.41, 5.74) is 0. The molecule has 1 aliphatic heterocycles. The van der Waals surface area contributed by atoms with Gasteiger partial charge in [0.15, 0.2) is 0 Å². The van der Waals surface area contributed by atoms with Crippen molar-refractivity contribution in [3.8, 4) is 0 Å². The van der Waals surface area contributed by atoms with Crippen LogP contribution in [0.15, 0.2) is 16.5 Å². The molecule has 2 aliphatic rings. The number of nitrogens with zero attached hydrogens (tertiary/aromatic N) is 2. The summed E-state index contributed by atoms with van der Waals surface area (Å²) in [5, 5.41) is 9.04. The Morgan fingerprint density at radius 1 is 1.29 bits per heavy atom. The van der Waals surface area contributed by atoms with Crippen molar-refractivity contribution in [2.24, 2.45) is 5.92 Å². The molecule has 1 aromatic heterocycles. The van der Waals surface area contributed by atoms with Gasteiger partial charge in [-0.25, -0.2) is 0 Å². The topological polar surface area (TPSA) is 49.1 Å². The van der Waals surface area contributed by atoms with Crippen molar-refractivity contribution in [1.82, 2.24) is 9.80 Å². The molecule has 5 nitrogen and oxygen atoms in total. The lowest BCUT2D eigenvalue weighted by Gasteiger charge is -2.34. The minimum Gasteiger partial charge on any atom is -0.462 e. The van der Waals surface area contributed by atoms with Crippen molar-refractivity contribution >= 4 is 0 Å². The molecule has 1 saturated carbocycles. The summed E-state index contributed by atoms with van der Waals surface area (Å²) in [4.78, 5) is 4.78. The summed E-state index contributed by atoms with van der Waals surface area (Å²) in [6.07, 6.45) is 3.08. The van der Waals surface area contributed by atoms with Gasteiger partial charge in [0.25, 0.3) is 0 Å². The van der Waals surface area contributed by atoms with Gasteiger partial charge in [-0.3, -0.25) is 4.90 Å². The zero-order chi connectivity index (χ0) is 14.7. The molecule has 1 N–H and O–H groups in total. The lowest BCUT2D eigenvalue weighted by molar-refractivity contribution is -0.0450. The van der Waals surface area contributed by atoms with Crippen LogP contribution in [-0.2, 0) is 17.9 Å². The Morgan fingerprint density at radius 2 is 2.10 bits per heavy atom. The highest BCUT2D eigenvalue weighted by molar-refractivity contribution is 5.06. The van der Waals surface area contributed by atoms with Crippen LogP contribution in [0.3, 0.4) is 0 Å². The standard InChI is InChI=1S/C16H26N2O3/c1-17(8-13-2-3-13)9-16-11-18(6-7-20-16)10-14-4-5-15(12-19)21-14/h4-5,13,16,19H,2-3,6-12H2,1H3/t16-/m1/s1. The van der Waals surface area contributed by atoms with Crippen LogP contribution >= 0.6 is 0 Å². The predicted molar refractivity (Wildman–Crippen MR) is 79.9 cm³/mol. The first-order valence-electron chi connectivity index (χ1n) is 7.94. The number of hydrogen-bond donors (Lipinski definition) is 1. The molecule has 1 saturated heterocycles. The molecule has 0 bridgehead atoms. The molecule has 3 rings (SSSR count). The number of hydrogen-bond acceptors (Lipinski definition) is 5. The smallest absolute Gasteiger partial charge is 0.129 e. The molecule has 0 aromatic carbocycles. The van der Waals surface area contributed by atoms with Gasteiger partial charge >= 0.3 is 0 Å². The van der Waals surface area contributed by atoms with Crippen LogP contribution in [0, 0.1) is 5.92 Å². The number of morpholine rings is 1. The maximum Gasteiger partial charge on any atom is 0.129 e. The van der Waals surface area contributed by atoms with E-state index >= 15 is 0 Å². The van der Waals surface area contributed by atoms with Crippen molar-refractivity contribution < 1.29 is 14.3 Å². The Morgan fingerprint density at radius 3 is 2.81 bits per heavy atom. The monoisotopic (exact) mass is 294 g/mol. The molecule has 2 heterocycles. The Kier molecular flexibility index (Phi) is 4.95. The molecule has 1 atom stereocenters. The molecule has 118 valence electrons. The molecular formula is C16H26N2O3. The van der Waals surface area contributed by atoms with Gasteiger partial charge in [-0.05, 0) is 37.9 Å². The number of aliphatic hydroxyl groups is 1. The highest BCUT2D eigenvalue weighted by atomic mass is 16.5. The Bertz CT molecular complexity index is 444. The first-order chi connectivity index (χ1) is 10.2. The van der Waals surface area contributed by atoms with Crippen LogP contribution in [-0.4, -0.2) is 60.8 Å². The molecule has 0 spiro atoms. The van der Waals surface area contributed by atoms with Crippen molar-refractivity contribution in [3.63, 3.8) is 0 Å². The third-order valence-electron chi connectivity index (χ3n) is 4.26. The van der Waals surface area contributed by atoms with Crippen LogP contribution in [0.4, 0.5) is 0 Å². The number of rotatable bonds is 7. The number of ether oxygens (including phenoxy) is 1. The highest BCUT2D eigenvalue weighted by Crippen LogP contribution is 2.29. The van der Waals surface area contributed by atoms with Crippen molar-refractivity contribution in [3.05, 3.63) is 23.7 Å². The summed E-state index contributed by atoms with van der Waals surface area (Å²) in [6, 6.07) is 3.80. The van der Waals surface area contributed by atoms with E-state index in [1.807, 2.05) is 12.1 Å². The number of furan rings is 1. The normalized spacial score (nSPS) is 23.9. The summed E-state index contributed by atoms with van der Waals surface area (Å²) in [5.74, 6) is 2.49. The molecular weight excluding hydrogens is 268 g/mol. The van der Waals surface area contributed by atoms with E-state index in [4.69, 9.17) is 14.3 Å². The van der Waals surface area contributed by atoms with E-state index in [2.05, 4.69) is 16.8 Å². The third kappa shape index (κ3) is 4.54. The first-order valence-corrected chi connectivity index (χ1v) is 7.94. The second-order valence-corrected chi connectivity index (χ2v) is 6.42. The van der Waals surface area contributed by atoms with E-state index in [0.717, 1.165) is 44.5 Å². The number of aliphatic hydroxyl groups excluding tert-OH is 1. The summed E-state index contributed by atoms with van der Waals surface area (Å²) in [6.45, 7) is 5.66. The maximum atomic E-state index is 9.04. The Labute approximate surface area is 126 Å². The van der Waals surface area contributed by atoms with Gasteiger partial charge in [0.05, 0.1) is 19.3 Å². The molecule has 0 unspecified atom stereocenters. The van der Waals surface area contributed by atoms with Gasteiger partial charge in [-0.2, -0.15) is 0 Å². The van der Waals surface area contributed by atoms with Gasteiger partial charge in [0.1, 0.15) is 18.1 Å². The van der Waals surface area contributed by atoms with E-state index in [1.165, 1.54) is 19.4 Å². The zero-order valence-corrected chi connectivity index (χ0v) is 12.8. The average molecular weight is 294 g/mol. The lowest BCUT2D eigenvalue weighted by Crippen LogP contribution is -2.46. The van der Waals surface area contributed by atoms with Crippen LogP contribution in [0.2, 0.25) is 0 Å². The molecule has 1 aliphatic carbocycles. The lowest BCUT2D eigenvalue weighted by atomic mass is 10.2. The SMILES string of the molecule is CN(CC1CC1)C[C@@H]1CN(Cc2ccc(CO)o2)CCO1. The van der Waals surface area contributed by atoms with Gasteiger partial charge in [-0.15, -0.1) is 0 Å². The molecule has 21 heavy (non-hydrogen) atoms. The number of likely N-dealkylation sites (N-methyl/N-ethyl adjacent to an activating group) is 1. The maximum absolute atomic E-state index is 9.04. The fraction of sp³-hybridized carbons (Fsp3) is 0.750. The van der Waals surface area contributed by atoms with E-state index in [1.54, 1.807) is 0 Å². The van der Waals surface area contributed by atoms with Crippen molar-refractivity contribution in [2.45, 2.75) is 32.1 Å². The van der Waals surface area contributed by atoms with Crippen LogP contribution < -0.4 is 0 Å². The van der Waals surface area contributed by atoms with Gasteiger partial charge in [0, 0.05) is 26.2 Å². The summed E-state index contributed by atoms with van der Waals surface area (Å²) < 4.78 is 11.5. The second-order valence-electron chi connectivity index (χ2n) is 6.42. The third-order valence-corrected chi connectivity index (χ3v) is 4.26. The zero-order valence-electron chi connectivity index (χ0n) is 12.8. The van der Waals surface area contributed by atoms with Gasteiger partial charge in [-0.1, -0.05) is 0 Å². The summed E-state index contributed by atoms with van der Waals surface area (Å²) >= 11 is 0. The minimum atomic E-state index is -0.0301. The van der Waals surface area contributed by atoms with Crippen LogP contribution in [0.5, 0.6) is 0 Å². The van der Waals surface area contributed by atoms with E-state index in [9.17, 15) is 0 Å². The van der Waals surface area contributed by atoms with Gasteiger partial charge in [0.2, 0.25) is 0 Å². The minimum absolute atomic E-state index is 0.0301. The largest absolute Gasteiger partial charge is 0.462 e. The average Bonchev–Trinajstić information content (AvgIpc) is 3.15. The quantitative estimate of drug-likeness (QED) is 0.822. The molecule has 5 heteroatoms. The first kappa shape index (κ1) is 15.0. The Balaban J connectivity index is 1.45. The Hall–Kier alpha value is -0.880. The fourth-order valence-corrected chi connectivity index (χ4v) is 3.01. The molecule has 0 radical (unpaired) electrons. The van der Waals surface area contributed by atoms with Crippen LogP contribution in [0.1, 0.15) is 24.4 Å². The highest BCUT2D eigenvalue weighted by Gasteiger charge is 2.26. The van der Waals surface area contributed by atoms with Crippen molar-refractivity contribution in [2.75, 3.05) is 39.8 Å². The molecule has 1 aromatic rings. The molecule has 2 fully saturated rings. The van der Waals surface area contributed by atoms with Gasteiger partial charge < -0.3 is 19.2 Å². The van der Waals surface area contributed by atoms with Crippen LogP contribution in [0.25, 0.3) is 0 Å². The predicted octanol–water partition coefficient (Wildman–Crippen LogP) is 1.31. The van der Waals surface area contributed by atoms with Crippen molar-refractivity contribution in [1.29, 1.82) is 0 Å². The van der Waals surface area contributed by atoms with E-state index in [-0.39, 0.29) is 12.7 Å².